The molecule has 4 aliphatic heterocycles. The smallest absolute Gasteiger partial charge is 0.217 e. The fourth-order valence-electron chi connectivity index (χ4n) is 5.84. The molecule has 4 saturated heterocycles. The van der Waals surface area contributed by atoms with Crippen molar-refractivity contribution in [2.24, 2.45) is 0 Å². The third-order valence-electron chi connectivity index (χ3n) is 8.59. The molecule has 4 aliphatic rings. The standard InChI is InChI=1S/C26H45NO21/c1-6(31)27-11-15(35)21(9(4-30)43-23(11)41)47-26-20(40)22(48-25-19(39)17(37)13(33)8(3-29)45-25)14(34)10(46-26)5-42-24-18(38)16(36)12(32)7(2-28)44-24/h7-26,28-30,32-41H,2-5H2,1H3,(H,27,31)/t7-,8-,9-,10-,11-,12-,13-,14-,15-,16+,17+,18+,19+,20+,21-,22+,23?,24+,25-,26+/m1/s1. The van der Waals surface area contributed by atoms with E-state index in [9.17, 15) is 71.2 Å². The summed E-state index contributed by atoms with van der Waals surface area (Å²) in [5.41, 5.74) is 0. The number of carbonyl (C=O) groups excluding carboxylic acids is 1. The van der Waals surface area contributed by atoms with E-state index in [1.54, 1.807) is 0 Å². The Labute approximate surface area is 272 Å². The summed E-state index contributed by atoms with van der Waals surface area (Å²) in [7, 11) is 0. The van der Waals surface area contributed by atoms with Gasteiger partial charge in [-0.25, -0.2) is 0 Å². The zero-order valence-corrected chi connectivity index (χ0v) is 25.5. The number of carbonyl (C=O) groups is 1. The molecule has 22 nitrogen and oxygen atoms in total. The van der Waals surface area contributed by atoms with Gasteiger partial charge in [-0.15, -0.1) is 0 Å². The van der Waals surface area contributed by atoms with Crippen molar-refractivity contribution in [1.29, 1.82) is 0 Å². The number of hydrogen-bond acceptors (Lipinski definition) is 21. The van der Waals surface area contributed by atoms with Gasteiger partial charge in [0, 0.05) is 6.92 Å². The van der Waals surface area contributed by atoms with Gasteiger partial charge in [-0.3, -0.25) is 4.79 Å². The van der Waals surface area contributed by atoms with Gasteiger partial charge in [-0.1, -0.05) is 0 Å². The number of nitrogens with one attached hydrogen (secondary N) is 1. The molecule has 4 fully saturated rings. The molecule has 1 amide bonds. The van der Waals surface area contributed by atoms with E-state index in [0.29, 0.717) is 0 Å². The summed E-state index contributed by atoms with van der Waals surface area (Å²) in [6.45, 7) is -2.15. The molecule has 22 heteroatoms. The molecule has 4 heterocycles. The molecule has 0 radical (unpaired) electrons. The minimum atomic E-state index is -2.06. The monoisotopic (exact) mass is 707 g/mol. The summed E-state index contributed by atoms with van der Waals surface area (Å²) in [5.74, 6) is -0.682. The summed E-state index contributed by atoms with van der Waals surface area (Å²) in [4.78, 5) is 11.7. The quantitative estimate of drug-likeness (QED) is 0.0947. The van der Waals surface area contributed by atoms with Crippen molar-refractivity contribution in [3.05, 3.63) is 0 Å². The van der Waals surface area contributed by atoms with Crippen LogP contribution in [0.2, 0.25) is 0 Å². The summed E-state index contributed by atoms with van der Waals surface area (Å²) < 4.78 is 38.4. The number of hydrogen-bond donors (Lipinski definition) is 14. The van der Waals surface area contributed by atoms with Gasteiger partial charge in [0.15, 0.2) is 25.2 Å². The van der Waals surface area contributed by atoms with E-state index in [1.165, 1.54) is 0 Å². The molecule has 0 bridgehead atoms. The Balaban J connectivity index is 1.59. The number of aliphatic hydroxyl groups is 13. The van der Waals surface area contributed by atoms with Crippen LogP contribution in [0, 0.1) is 0 Å². The Hall–Kier alpha value is -1.33. The van der Waals surface area contributed by atoms with E-state index in [0.717, 1.165) is 6.92 Å². The maximum atomic E-state index is 11.7. The molecule has 20 atom stereocenters. The van der Waals surface area contributed by atoms with Crippen LogP contribution in [0.5, 0.6) is 0 Å². The third-order valence-corrected chi connectivity index (χ3v) is 8.59. The van der Waals surface area contributed by atoms with E-state index >= 15 is 0 Å². The lowest BCUT2D eigenvalue weighted by Crippen LogP contribution is -2.68. The van der Waals surface area contributed by atoms with Crippen LogP contribution in [-0.2, 0) is 38.0 Å². The highest BCUT2D eigenvalue weighted by Gasteiger charge is 2.54. The maximum absolute atomic E-state index is 11.7. The number of ether oxygens (including phenoxy) is 7. The van der Waals surface area contributed by atoms with Crippen molar-refractivity contribution in [3.8, 4) is 0 Å². The molecule has 1 unspecified atom stereocenters. The average Bonchev–Trinajstić information content (AvgIpc) is 3.05. The van der Waals surface area contributed by atoms with E-state index in [-0.39, 0.29) is 0 Å². The summed E-state index contributed by atoms with van der Waals surface area (Å²) in [5, 5.41) is 136. The molecule has 280 valence electrons. The second-order valence-electron chi connectivity index (χ2n) is 11.9. The molecule has 0 spiro atoms. The largest absolute Gasteiger partial charge is 0.394 e. The van der Waals surface area contributed by atoms with Crippen molar-refractivity contribution < 1.29 is 104 Å². The van der Waals surface area contributed by atoms with Gasteiger partial charge in [0.2, 0.25) is 5.91 Å². The van der Waals surface area contributed by atoms with Gasteiger partial charge in [0.1, 0.15) is 97.6 Å². The predicted octanol–water partition coefficient (Wildman–Crippen LogP) is -9.61. The molecular weight excluding hydrogens is 662 g/mol. The van der Waals surface area contributed by atoms with Crippen LogP contribution < -0.4 is 5.32 Å². The fourth-order valence-corrected chi connectivity index (χ4v) is 5.84. The lowest BCUT2D eigenvalue weighted by atomic mass is 9.95. The van der Waals surface area contributed by atoms with Crippen LogP contribution in [0.1, 0.15) is 6.92 Å². The van der Waals surface area contributed by atoms with Crippen LogP contribution in [0.4, 0.5) is 0 Å². The first kappa shape index (κ1) is 39.5. The molecule has 0 saturated carbocycles. The molecule has 0 aromatic rings. The summed E-state index contributed by atoms with van der Waals surface area (Å²) in [6.07, 6.45) is -33.7. The maximum Gasteiger partial charge on any atom is 0.217 e. The molecule has 0 aromatic carbocycles. The average molecular weight is 708 g/mol. The van der Waals surface area contributed by atoms with Gasteiger partial charge in [0.05, 0.1) is 26.4 Å². The van der Waals surface area contributed by atoms with Crippen molar-refractivity contribution in [3.63, 3.8) is 0 Å². The zero-order chi connectivity index (χ0) is 35.6. The topological polar surface area (TPSA) is 357 Å². The van der Waals surface area contributed by atoms with Crippen molar-refractivity contribution >= 4 is 5.91 Å². The fraction of sp³-hybridized carbons (Fsp3) is 0.962. The van der Waals surface area contributed by atoms with Crippen molar-refractivity contribution in [2.75, 3.05) is 26.4 Å². The Morgan fingerprint density at radius 2 is 1.02 bits per heavy atom. The zero-order valence-electron chi connectivity index (χ0n) is 25.5. The number of rotatable bonds is 11. The minimum Gasteiger partial charge on any atom is -0.394 e. The van der Waals surface area contributed by atoms with E-state index in [1.807, 2.05) is 0 Å². The first-order valence-corrected chi connectivity index (χ1v) is 15.1. The lowest BCUT2D eigenvalue weighted by Gasteiger charge is -2.48. The van der Waals surface area contributed by atoms with Crippen LogP contribution >= 0.6 is 0 Å². The number of aliphatic hydroxyl groups excluding tert-OH is 13. The van der Waals surface area contributed by atoms with Gasteiger partial charge in [-0.05, 0) is 0 Å². The molecule has 0 aromatic heterocycles. The highest BCUT2D eigenvalue weighted by atomic mass is 16.8. The molecule has 14 N–H and O–H groups in total. The Morgan fingerprint density at radius 1 is 0.542 bits per heavy atom. The minimum absolute atomic E-state index is 0.682. The Bertz CT molecular complexity index is 1030. The molecule has 0 aliphatic carbocycles. The normalized spacial score (nSPS) is 50.2. The van der Waals surface area contributed by atoms with E-state index < -0.39 is 155 Å². The van der Waals surface area contributed by atoms with Crippen molar-refractivity contribution in [1.82, 2.24) is 5.32 Å². The van der Waals surface area contributed by atoms with Gasteiger partial charge < -0.3 is 105 Å². The van der Waals surface area contributed by atoms with Crippen LogP contribution in [0.3, 0.4) is 0 Å². The van der Waals surface area contributed by atoms with Crippen LogP contribution in [0.15, 0.2) is 0 Å². The summed E-state index contributed by atoms with van der Waals surface area (Å²) >= 11 is 0. The highest BCUT2D eigenvalue weighted by molar-refractivity contribution is 5.73. The Morgan fingerprint density at radius 3 is 1.56 bits per heavy atom. The summed E-state index contributed by atoms with van der Waals surface area (Å²) in [6, 6.07) is -1.49. The lowest BCUT2D eigenvalue weighted by molar-refractivity contribution is -0.379. The molecular formula is C26H45NO21. The van der Waals surface area contributed by atoms with E-state index in [4.69, 9.17) is 33.2 Å². The van der Waals surface area contributed by atoms with Gasteiger partial charge in [0.25, 0.3) is 0 Å². The first-order valence-electron chi connectivity index (χ1n) is 15.1. The molecule has 48 heavy (non-hydrogen) atoms. The first-order chi connectivity index (χ1) is 22.6. The SMILES string of the molecule is CC(=O)N[C@H]1C(O)O[C@H](CO)[C@@H](O[C@@H]2O[C@H](CO[C@H]3O[C@H](CO)[C@@H](O)[C@H](O)[C@@H]3O)[C@@H](O)[C@H](O[C@H]3O[C@H](CO)[C@@H](O)[C@H](O)[C@@H]3O)[C@@H]2O)[C@@H]1O. The van der Waals surface area contributed by atoms with Crippen molar-refractivity contribution in [2.45, 2.75) is 130 Å². The Kier molecular flexibility index (Phi) is 13.8. The second-order valence-corrected chi connectivity index (χ2v) is 11.9. The van der Waals surface area contributed by atoms with Gasteiger partial charge >= 0.3 is 0 Å². The predicted molar refractivity (Wildman–Crippen MR) is 145 cm³/mol. The van der Waals surface area contributed by atoms with E-state index in [2.05, 4.69) is 5.32 Å². The van der Waals surface area contributed by atoms with Crippen LogP contribution in [-0.4, -0.2) is 221 Å². The second kappa shape index (κ2) is 16.8. The van der Waals surface area contributed by atoms with Crippen LogP contribution in [0.25, 0.3) is 0 Å². The third kappa shape index (κ3) is 8.24. The highest BCUT2D eigenvalue weighted by Crippen LogP contribution is 2.33. The molecule has 4 rings (SSSR count). The number of amides is 1. The van der Waals surface area contributed by atoms with Gasteiger partial charge in [-0.2, -0.15) is 0 Å².